The molecule has 8 heteroatoms. The number of amides is 1. The molecule has 1 amide bonds. The molecule has 0 aromatic carbocycles. The van der Waals surface area contributed by atoms with Crippen LogP contribution in [-0.4, -0.2) is 38.7 Å². The number of aryl methyl sites for hydroxylation is 1. The van der Waals surface area contributed by atoms with E-state index in [1.165, 1.54) is 16.8 Å². The highest BCUT2D eigenvalue weighted by Crippen LogP contribution is 2.17. The monoisotopic (exact) mass is 336 g/mol. The van der Waals surface area contributed by atoms with Gasteiger partial charge in [0.1, 0.15) is 10.6 Å². The van der Waals surface area contributed by atoms with Gasteiger partial charge in [-0.15, -0.1) is 0 Å². The first-order valence-electron chi connectivity index (χ1n) is 6.83. The molecule has 1 N–H and O–H groups in total. The van der Waals surface area contributed by atoms with E-state index in [9.17, 15) is 13.2 Å². The van der Waals surface area contributed by atoms with E-state index in [-0.39, 0.29) is 16.5 Å². The molecular weight excluding hydrogens is 316 g/mol. The van der Waals surface area contributed by atoms with Crippen molar-refractivity contribution in [2.75, 3.05) is 19.8 Å². The Kier molecular flexibility index (Phi) is 7.21. The van der Waals surface area contributed by atoms with Crippen molar-refractivity contribution < 1.29 is 17.9 Å². The zero-order chi connectivity index (χ0) is 15.9. The number of unbranched alkanes of at least 4 members (excludes halogenated alkanes) is 1. The van der Waals surface area contributed by atoms with Crippen LogP contribution in [0.4, 0.5) is 0 Å². The van der Waals surface area contributed by atoms with Crippen molar-refractivity contribution in [3.05, 3.63) is 18.0 Å². The van der Waals surface area contributed by atoms with Gasteiger partial charge in [-0.1, -0.05) is 13.3 Å². The lowest BCUT2D eigenvalue weighted by molar-refractivity contribution is 0.0932. The highest BCUT2D eigenvalue weighted by atomic mass is 35.7. The fraction of sp³-hybridized carbons (Fsp3) is 0.615. The largest absolute Gasteiger partial charge is 0.381 e. The number of nitrogens with zero attached hydrogens (tertiary/aromatic N) is 1. The quantitative estimate of drug-likeness (QED) is 0.552. The van der Waals surface area contributed by atoms with Gasteiger partial charge >= 0.3 is 0 Å². The van der Waals surface area contributed by atoms with Gasteiger partial charge in [-0.05, 0) is 18.9 Å². The number of ether oxygens (including phenoxy) is 1. The van der Waals surface area contributed by atoms with Gasteiger partial charge in [-0.25, -0.2) is 8.42 Å². The minimum absolute atomic E-state index is 0.0836. The molecule has 0 saturated carbocycles. The molecule has 1 aromatic rings. The molecular formula is C13H21ClN2O4S. The molecule has 1 rings (SSSR count). The lowest BCUT2D eigenvalue weighted by atomic mass is 10.3. The molecule has 0 saturated heterocycles. The molecule has 0 aliphatic rings. The molecule has 1 heterocycles. The number of nitrogens with one attached hydrogen (secondary N) is 1. The zero-order valence-corrected chi connectivity index (χ0v) is 13.8. The first-order valence-corrected chi connectivity index (χ1v) is 9.14. The van der Waals surface area contributed by atoms with Gasteiger partial charge in [0.15, 0.2) is 0 Å². The Morgan fingerprint density at radius 2 is 2.05 bits per heavy atom. The minimum atomic E-state index is -3.82. The third kappa shape index (κ3) is 6.07. The highest BCUT2D eigenvalue weighted by molar-refractivity contribution is 8.13. The topological polar surface area (TPSA) is 77.4 Å². The van der Waals surface area contributed by atoms with E-state index in [0.717, 1.165) is 19.4 Å². The SMILES string of the molecule is CCCCOCCCNC(=O)c1cc(S(=O)(=O)Cl)cn1C. The first-order chi connectivity index (χ1) is 9.86. The van der Waals surface area contributed by atoms with E-state index < -0.39 is 9.05 Å². The van der Waals surface area contributed by atoms with E-state index in [1.807, 2.05) is 0 Å². The molecule has 1 aromatic heterocycles. The summed E-state index contributed by atoms with van der Waals surface area (Å²) in [4.78, 5) is 11.8. The number of aromatic nitrogens is 1. The van der Waals surface area contributed by atoms with Gasteiger partial charge in [0, 0.05) is 43.7 Å². The maximum Gasteiger partial charge on any atom is 0.267 e. The molecule has 0 atom stereocenters. The van der Waals surface area contributed by atoms with Crippen LogP contribution >= 0.6 is 10.7 Å². The van der Waals surface area contributed by atoms with Crippen molar-refractivity contribution in [1.29, 1.82) is 0 Å². The van der Waals surface area contributed by atoms with Crippen molar-refractivity contribution in [2.24, 2.45) is 7.05 Å². The van der Waals surface area contributed by atoms with E-state index in [1.54, 1.807) is 7.05 Å². The summed E-state index contributed by atoms with van der Waals surface area (Å²) >= 11 is 0. The lowest BCUT2D eigenvalue weighted by Gasteiger charge is -2.06. The van der Waals surface area contributed by atoms with Crippen LogP contribution in [0.15, 0.2) is 17.2 Å². The Morgan fingerprint density at radius 1 is 1.38 bits per heavy atom. The summed E-state index contributed by atoms with van der Waals surface area (Å²) in [7, 11) is 3.01. The summed E-state index contributed by atoms with van der Waals surface area (Å²) < 4.78 is 29.2. The maximum atomic E-state index is 11.9. The minimum Gasteiger partial charge on any atom is -0.381 e. The van der Waals surface area contributed by atoms with Gasteiger partial charge in [0.25, 0.3) is 15.0 Å². The Labute approximate surface area is 129 Å². The average molecular weight is 337 g/mol. The fourth-order valence-corrected chi connectivity index (χ4v) is 2.50. The molecule has 0 aliphatic carbocycles. The van der Waals surface area contributed by atoms with E-state index in [0.29, 0.717) is 19.6 Å². The molecule has 0 bridgehead atoms. The maximum absolute atomic E-state index is 11.9. The second-order valence-corrected chi connectivity index (χ2v) is 7.25. The molecule has 0 radical (unpaired) electrons. The van der Waals surface area contributed by atoms with Crippen LogP contribution in [0.2, 0.25) is 0 Å². The van der Waals surface area contributed by atoms with Crippen molar-refractivity contribution in [1.82, 2.24) is 9.88 Å². The number of rotatable bonds is 9. The summed E-state index contributed by atoms with van der Waals surface area (Å²) in [5.41, 5.74) is 0.251. The van der Waals surface area contributed by atoms with Crippen molar-refractivity contribution in [2.45, 2.75) is 31.1 Å². The predicted octanol–water partition coefficient (Wildman–Crippen LogP) is 1.89. The average Bonchev–Trinajstić information content (AvgIpc) is 2.79. The fourth-order valence-electron chi connectivity index (χ4n) is 1.71. The summed E-state index contributed by atoms with van der Waals surface area (Å²) in [6.07, 6.45) is 4.15. The number of carbonyl (C=O) groups is 1. The Balaban J connectivity index is 2.41. The summed E-state index contributed by atoms with van der Waals surface area (Å²) in [6, 6.07) is 1.26. The second kappa shape index (κ2) is 8.41. The Bertz CT molecular complexity index is 569. The Morgan fingerprint density at radius 3 is 2.62 bits per heavy atom. The summed E-state index contributed by atoms with van der Waals surface area (Å²) in [5, 5.41) is 2.72. The normalized spacial score (nSPS) is 11.6. The van der Waals surface area contributed by atoms with Crippen molar-refractivity contribution in [3.8, 4) is 0 Å². The van der Waals surface area contributed by atoms with Crippen LogP contribution in [0.5, 0.6) is 0 Å². The molecule has 21 heavy (non-hydrogen) atoms. The number of hydrogen-bond donors (Lipinski definition) is 1. The Hall–Kier alpha value is -1.05. The van der Waals surface area contributed by atoms with Crippen LogP contribution in [-0.2, 0) is 20.8 Å². The standard InChI is InChI=1S/C13H21ClN2O4S/c1-3-4-7-20-8-5-6-15-13(17)12-9-11(10-16(12)2)21(14,18)19/h9-10H,3-8H2,1-2H3,(H,15,17). The van der Waals surface area contributed by atoms with E-state index >= 15 is 0 Å². The molecule has 0 fully saturated rings. The lowest BCUT2D eigenvalue weighted by Crippen LogP contribution is -2.27. The second-order valence-electron chi connectivity index (χ2n) is 4.69. The van der Waals surface area contributed by atoms with Crippen LogP contribution in [0.1, 0.15) is 36.7 Å². The predicted molar refractivity (Wildman–Crippen MR) is 81.1 cm³/mol. The van der Waals surface area contributed by atoms with Crippen LogP contribution < -0.4 is 5.32 Å². The molecule has 0 spiro atoms. The third-order valence-corrected chi connectivity index (χ3v) is 4.21. The van der Waals surface area contributed by atoms with Gasteiger partial charge in [-0.3, -0.25) is 4.79 Å². The number of hydrogen-bond acceptors (Lipinski definition) is 4. The van der Waals surface area contributed by atoms with Crippen LogP contribution in [0, 0.1) is 0 Å². The van der Waals surface area contributed by atoms with Crippen molar-refractivity contribution in [3.63, 3.8) is 0 Å². The van der Waals surface area contributed by atoms with E-state index in [2.05, 4.69) is 12.2 Å². The number of halogens is 1. The number of carbonyl (C=O) groups excluding carboxylic acids is 1. The van der Waals surface area contributed by atoms with Crippen LogP contribution in [0.25, 0.3) is 0 Å². The summed E-state index contributed by atoms with van der Waals surface area (Å²) in [6.45, 7) is 3.89. The zero-order valence-electron chi connectivity index (χ0n) is 12.3. The van der Waals surface area contributed by atoms with Gasteiger partial charge < -0.3 is 14.6 Å². The molecule has 120 valence electrons. The smallest absolute Gasteiger partial charge is 0.267 e. The van der Waals surface area contributed by atoms with Gasteiger partial charge in [0.2, 0.25) is 0 Å². The van der Waals surface area contributed by atoms with Gasteiger partial charge in [0.05, 0.1) is 0 Å². The molecule has 0 aliphatic heterocycles. The third-order valence-electron chi connectivity index (χ3n) is 2.89. The first kappa shape index (κ1) is 18.0. The van der Waals surface area contributed by atoms with E-state index in [4.69, 9.17) is 15.4 Å². The summed E-state index contributed by atoms with van der Waals surface area (Å²) in [5.74, 6) is -0.336. The van der Waals surface area contributed by atoms with Crippen LogP contribution in [0.3, 0.4) is 0 Å². The molecule has 6 nitrogen and oxygen atoms in total. The van der Waals surface area contributed by atoms with Crippen molar-refractivity contribution >= 4 is 25.6 Å². The molecule has 0 unspecified atom stereocenters. The van der Waals surface area contributed by atoms with Gasteiger partial charge in [-0.2, -0.15) is 0 Å². The highest BCUT2D eigenvalue weighted by Gasteiger charge is 2.18.